The Morgan fingerprint density at radius 3 is 2.76 bits per heavy atom. The minimum Gasteiger partial charge on any atom is -0.329 e. The first-order valence-electron chi connectivity index (χ1n) is 6.31. The second-order valence-corrected chi connectivity index (χ2v) is 6.03. The Morgan fingerprint density at radius 2 is 2.24 bits per heavy atom. The van der Waals surface area contributed by atoms with Gasteiger partial charge >= 0.3 is 0 Å². The van der Waals surface area contributed by atoms with Gasteiger partial charge < -0.3 is 11.1 Å². The van der Waals surface area contributed by atoms with E-state index >= 15 is 0 Å². The molecule has 94 valence electrons. The van der Waals surface area contributed by atoms with Crippen molar-refractivity contribution in [2.24, 2.45) is 17.6 Å². The van der Waals surface area contributed by atoms with Crippen molar-refractivity contribution in [1.29, 1.82) is 0 Å². The molecule has 3 N–H and O–H groups in total. The van der Waals surface area contributed by atoms with E-state index < -0.39 is 0 Å². The van der Waals surface area contributed by atoms with Gasteiger partial charge in [0.05, 0.1) is 0 Å². The molecular formula is C14H21BrN2. The molecule has 0 saturated heterocycles. The first kappa shape index (κ1) is 13.1. The van der Waals surface area contributed by atoms with Gasteiger partial charge in [0.15, 0.2) is 0 Å². The van der Waals surface area contributed by atoms with Gasteiger partial charge in [-0.05, 0) is 48.9 Å². The monoisotopic (exact) mass is 296 g/mol. The Hall–Kier alpha value is -0.380. The van der Waals surface area contributed by atoms with Crippen LogP contribution in [-0.2, 0) is 0 Å². The summed E-state index contributed by atoms with van der Waals surface area (Å²) >= 11 is 3.53. The number of nitrogens with two attached hydrogens (primary N) is 1. The molecule has 1 fully saturated rings. The van der Waals surface area contributed by atoms with Crippen molar-refractivity contribution in [2.75, 3.05) is 13.1 Å². The van der Waals surface area contributed by atoms with Crippen LogP contribution in [0.25, 0.3) is 0 Å². The Labute approximate surface area is 112 Å². The lowest BCUT2D eigenvalue weighted by atomic mass is 10.0. The third kappa shape index (κ3) is 3.30. The maximum absolute atomic E-state index is 5.86. The van der Waals surface area contributed by atoms with Gasteiger partial charge in [0, 0.05) is 17.1 Å². The zero-order chi connectivity index (χ0) is 12.4. The van der Waals surface area contributed by atoms with Gasteiger partial charge in [0.25, 0.3) is 0 Å². The first-order valence-corrected chi connectivity index (χ1v) is 7.10. The van der Waals surface area contributed by atoms with Crippen LogP contribution in [0.2, 0.25) is 0 Å². The third-order valence-corrected chi connectivity index (χ3v) is 4.61. The minimum atomic E-state index is 0.287. The number of nitrogens with one attached hydrogen (secondary N) is 1. The van der Waals surface area contributed by atoms with Crippen LogP contribution in [0.1, 0.15) is 30.5 Å². The zero-order valence-electron chi connectivity index (χ0n) is 10.5. The molecule has 0 radical (unpaired) electrons. The van der Waals surface area contributed by atoms with Gasteiger partial charge in [0.1, 0.15) is 0 Å². The summed E-state index contributed by atoms with van der Waals surface area (Å²) in [5, 5.41) is 3.58. The lowest BCUT2D eigenvalue weighted by Gasteiger charge is -2.18. The molecule has 0 bridgehead atoms. The first-order chi connectivity index (χ1) is 8.11. The van der Waals surface area contributed by atoms with Gasteiger partial charge in [-0.2, -0.15) is 0 Å². The van der Waals surface area contributed by atoms with E-state index in [-0.39, 0.29) is 6.04 Å². The van der Waals surface area contributed by atoms with E-state index in [2.05, 4.69) is 53.3 Å². The summed E-state index contributed by atoms with van der Waals surface area (Å²) in [6, 6.07) is 6.76. The maximum atomic E-state index is 5.86. The molecule has 3 atom stereocenters. The fourth-order valence-electron chi connectivity index (χ4n) is 2.20. The molecule has 0 heterocycles. The van der Waals surface area contributed by atoms with Crippen molar-refractivity contribution < 1.29 is 0 Å². The van der Waals surface area contributed by atoms with Crippen molar-refractivity contribution in [2.45, 2.75) is 26.3 Å². The molecule has 17 heavy (non-hydrogen) atoms. The van der Waals surface area contributed by atoms with Gasteiger partial charge in [-0.25, -0.2) is 0 Å². The third-order valence-electron chi connectivity index (χ3n) is 3.72. The highest BCUT2D eigenvalue weighted by atomic mass is 79.9. The second kappa shape index (κ2) is 5.51. The van der Waals surface area contributed by atoms with Crippen LogP contribution >= 0.6 is 15.9 Å². The zero-order valence-corrected chi connectivity index (χ0v) is 12.1. The lowest BCUT2D eigenvalue weighted by Crippen LogP contribution is -2.30. The van der Waals surface area contributed by atoms with Gasteiger partial charge in [-0.3, -0.25) is 0 Å². The average molecular weight is 297 g/mol. The fraction of sp³-hybridized carbons (Fsp3) is 0.571. The minimum absolute atomic E-state index is 0.287. The lowest BCUT2D eigenvalue weighted by molar-refractivity contribution is 0.511. The molecule has 0 aromatic heterocycles. The molecule has 2 rings (SSSR count). The topological polar surface area (TPSA) is 38.0 Å². The Kier molecular flexibility index (Phi) is 4.23. The number of hydrogen-bond donors (Lipinski definition) is 2. The normalized spacial score (nSPS) is 24.7. The molecule has 0 amide bonds. The number of hydrogen-bond acceptors (Lipinski definition) is 2. The van der Waals surface area contributed by atoms with E-state index in [4.69, 9.17) is 5.73 Å². The molecule has 1 saturated carbocycles. The van der Waals surface area contributed by atoms with Crippen molar-refractivity contribution in [1.82, 2.24) is 5.32 Å². The highest BCUT2D eigenvalue weighted by Gasteiger charge is 2.32. The molecule has 1 aromatic carbocycles. The standard InChI is InChI=1S/C14H21BrN2/c1-9-5-12(9)8-17-14(7-16)11-3-4-13(15)10(2)6-11/h3-4,6,9,12,14,17H,5,7-8,16H2,1-2H3. The van der Waals surface area contributed by atoms with Crippen LogP contribution in [0.4, 0.5) is 0 Å². The summed E-state index contributed by atoms with van der Waals surface area (Å²) in [4.78, 5) is 0. The summed E-state index contributed by atoms with van der Waals surface area (Å²) in [7, 11) is 0. The molecule has 3 heteroatoms. The van der Waals surface area contributed by atoms with E-state index in [1.165, 1.54) is 17.5 Å². The largest absolute Gasteiger partial charge is 0.329 e. The molecule has 3 unspecified atom stereocenters. The molecule has 2 nitrogen and oxygen atoms in total. The number of benzene rings is 1. The average Bonchev–Trinajstić information content (AvgIpc) is 3.00. The summed E-state index contributed by atoms with van der Waals surface area (Å²) in [5.41, 5.74) is 8.42. The van der Waals surface area contributed by atoms with Crippen molar-refractivity contribution in [3.63, 3.8) is 0 Å². The van der Waals surface area contributed by atoms with Crippen molar-refractivity contribution >= 4 is 15.9 Å². The highest BCUT2D eigenvalue weighted by Crippen LogP contribution is 2.37. The van der Waals surface area contributed by atoms with Crippen molar-refractivity contribution in [3.8, 4) is 0 Å². The Balaban J connectivity index is 1.98. The maximum Gasteiger partial charge on any atom is 0.0444 e. The molecule has 0 aliphatic heterocycles. The molecule has 1 aliphatic carbocycles. The van der Waals surface area contributed by atoms with Crippen LogP contribution in [0.15, 0.2) is 22.7 Å². The van der Waals surface area contributed by atoms with Crippen LogP contribution in [-0.4, -0.2) is 13.1 Å². The highest BCUT2D eigenvalue weighted by molar-refractivity contribution is 9.10. The Bertz CT molecular complexity index is 392. The summed E-state index contributed by atoms with van der Waals surface area (Å²) in [5.74, 6) is 1.76. The number of rotatable bonds is 5. The second-order valence-electron chi connectivity index (χ2n) is 5.18. The Morgan fingerprint density at radius 1 is 1.53 bits per heavy atom. The van der Waals surface area contributed by atoms with Gasteiger partial charge in [0.2, 0.25) is 0 Å². The quantitative estimate of drug-likeness (QED) is 0.877. The molecule has 1 aliphatic rings. The smallest absolute Gasteiger partial charge is 0.0444 e. The number of aryl methyl sites for hydroxylation is 1. The number of halogens is 1. The summed E-state index contributed by atoms with van der Waals surface area (Å²) in [6.07, 6.45) is 1.36. The predicted molar refractivity (Wildman–Crippen MR) is 75.9 cm³/mol. The van der Waals surface area contributed by atoms with Gasteiger partial charge in [-0.15, -0.1) is 0 Å². The van der Waals surface area contributed by atoms with Crippen LogP contribution < -0.4 is 11.1 Å². The fourth-order valence-corrected chi connectivity index (χ4v) is 2.45. The van der Waals surface area contributed by atoms with E-state index in [9.17, 15) is 0 Å². The van der Waals surface area contributed by atoms with Gasteiger partial charge in [-0.1, -0.05) is 35.0 Å². The molecule has 1 aromatic rings. The van der Waals surface area contributed by atoms with E-state index in [0.29, 0.717) is 6.54 Å². The molecule has 0 spiro atoms. The van der Waals surface area contributed by atoms with E-state index in [1.54, 1.807) is 0 Å². The van der Waals surface area contributed by atoms with Crippen LogP contribution in [0.3, 0.4) is 0 Å². The van der Waals surface area contributed by atoms with E-state index in [1.807, 2.05) is 0 Å². The van der Waals surface area contributed by atoms with Crippen LogP contribution in [0.5, 0.6) is 0 Å². The van der Waals surface area contributed by atoms with Crippen molar-refractivity contribution in [3.05, 3.63) is 33.8 Å². The SMILES string of the molecule is Cc1cc(C(CN)NCC2CC2C)ccc1Br. The molecular weight excluding hydrogens is 276 g/mol. The van der Waals surface area contributed by atoms with E-state index in [0.717, 1.165) is 22.9 Å². The predicted octanol–water partition coefficient (Wildman–Crippen LogP) is 3.00. The summed E-state index contributed by atoms with van der Waals surface area (Å²) in [6.45, 7) is 6.18. The summed E-state index contributed by atoms with van der Waals surface area (Å²) < 4.78 is 1.16. The van der Waals surface area contributed by atoms with Crippen LogP contribution in [0, 0.1) is 18.8 Å².